The van der Waals surface area contributed by atoms with E-state index in [1.165, 1.54) is 0 Å². The number of oxazole rings is 1. The number of nitrogens with one attached hydrogen (secondary N) is 1. The van der Waals surface area contributed by atoms with Gasteiger partial charge in [0, 0.05) is 11.3 Å². The van der Waals surface area contributed by atoms with Gasteiger partial charge >= 0.3 is 0 Å². The molecular formula is C25H24N2O3. The van der Waals surface area contributed by atoms with Gasteiger partial charge in [-0.2, -0.15) is 0 Å². The van der Waals surface area contributed by atoms with Gasteiger partial charge in [0.1, 0.15) is 11.3 Å². The topological polar surface area (TPSA) is 64.4 Å². The lowest BCUT2D eigenvalue weighted by Gasteiger charge is -2.12. The van der Waals surface area contributed by atoms with Crippen LogP contribution in [0.5, 0.6) is 5.75 Å². The quantitative estimate of drug-likeness (QED) is 0.463. The number of rotatable bonds is 5. The largest absolute Gasteiger partial charge is 0.483 e. The van der Waals surface area contributed by atoms with Gasteiger partial charge in [0.05, 0.1) is 0 Å². The molecule has 1 N–H and O–H groups in total. The fraction of sp³-hybridized carbons (Fsp3) is 0.200. The lowest BCUT2D eigenvalue weighted by atomic mass is 10.1. The Morgan fingerprint density at radius 3 is 2.67 bits per heavy atom. The number of aryl methyl sites for hydroxylation is 3. The van der Waals surface area contributed by atoms with E-state index in [0.717, 1.165) is 44.7 Å². The third kappa shape index (κ3) is 4.06. The number of aromatic nitrogens is 1. The predicted octanol–water partition coefficient (Wildman–Crippen LogP) is 5.75. The molecule has 4 rings (SSSR count). The molecule has 0 aliphatic heterocycles. The molecule has 5 nitrogen and oxygen atoms in total. The number of anilines is 1. The molecular weight excluding hydrogens is 376 g/mol. The van der Waals surface area contributed by atoms with E-state index >= 15 is 0 Å². The minimum atomic E-state index is -0.218. The minimum absolute atomic E-state index is 0.0594. The molecule has 4 aromatic rings. The highest BCUT2D eigenvalue weighted by Crippen LogP contribution is 2.28. The molecule has 0 atom stereocenters. The second-order valence-corrected chi connectivity index (χ2v) is 7.55. The first kappa shape index (κ1) is 19.7. The average Bonchev–Trinajstić information content (AvgIpc) is 3.14. The second kappa shape index (κ2) is 8.03. The Morgan fingerprint density at radius 2 is 1.83 bits per heavy atom. The summed E-state index contributed by atoms with van der Waals surface area (Å²) in [4.78, 5) is 17.1. The fourth-order valence-electron chi connectivity index (χ4n) is 3.26. The molecule has 30 heavy (non-hydrogen) atoms. The molecule has 0 unspecified atom stereocenters. The second-order valence-electron chi connectivity index (χ2n) is 7.55. The van der Waals surface area contributed by atoms with Gasteiger partial charge in [0.2, 0.25) is 5.89 Å². The summed E-state index contributed by atoms with van der Waals surface area (Å²) in [5.74, 6) is 1.03. The standard InChI is InChI=1S/C25H24N2O3/c1-15-8-11-23-21(12-15)27-25(30-23)19-10-9-17(3)20(13-19)26-24(28)14-29-22-7-5-6-16(2)18(22)4/h5-13H,14H2,1-4H3,(H,26,28). The van der Waals surface area contributed by atoms with E-state index in [0.29, 0.717) is 11.6 Å². The Bertz CT molecular complexity index is 1240. The van der Waals surface area contributed by atoms with Crippen molar-refractivity contribution in [3.63, 3.8) is 0 Å². The molecule has 152 valence electrons. The van der Waals surface area contributed by atoms with Crippen molar-refractivity contribution in [3.8, 4) is 17.2 Å². The smallest absolute Gasteiger partial charge is 0.262 e. The first-order chi connectivity index (χ1) is 14.4. The normalized spacial score (nSPS) is 10.9. The predicted molar refractivity (Wildman–Crippen MR) is 119 cm³/mol. The maximum atomic E-state index is 12.5. The van der Waals surface area contributed by atoms with E-state index in [9.17, 15) is 4.79 Å². The summed E-state index contributed by atoms with van der Waals surface area (Å²) < 4.78 is 11.6. The Hall–Kier alpha value is -3.60. The number of nitrogens with zero attached hydrogens (tertiary/aromatic N) is 1. The van der Waals surface area contributed by atoms with Crippen LogP contribution in [0.1, 0.15) is 22.3 Å². The van der Waals surface area contributed by atoms with Crippen LogP contribution < -0.4 is 10.1 Å². The van der Waals surface area contributed by atoms with E-state index in [-0.39, 0.29) is 12.5 Å². The zero-order chi connectivity index (χ0) is 21.3. The van der Waals surface area contributed by atoms with Gasteiger partial charge in [0.15, 0.2) is 12.2 Å². The third-order valence-electron chi connectivity index (χ3n) is 5.22. The van der Waals surface area contributed by atoms with Gasteiger partial charge in [-0.1, -0.05) is 24.3 Å². The fourth-order valence-corrected chi connectivity index (χ4v) is 3.26. The minimum Gasteiger partial charge on any atom is -0.483 e. The van der Waals surface area contributed by atoms with Crippen molar-refractivity contribution in [2.45, 2.75) is 27.7 Å². The summed E-state index contributed by atoms with van der Waals surface area (Å²) in [5, 5.41) is 2.93. The molecule has 0 saturated carbocycles. The summed E-state index contributed by atoms with van der Waals surface area (Å²) in [5.41, 5.74) is 7.32. The zero-order valence-electron chi connectivity index (χ0n) is 17.6. The van der Waals surface area contributed by atoms with Crippen molar-refractivity contribution < 1.29 is 13.9 Å². The number of carbonyl (C=O) groups excluding carboxylic acids is 1. The summed E-state index contributed by atoms with van der Waals surface area (Å²) in [6.07, 6.45) is 0. The van der Waals surface area contributed by atoms with E-state index < -0.39 is 0 Å². The van der Waals surface area contributed by atoms with Crippen LogP contribution in [0.3, 0.4) is 0 Å². The Morgan fingerprint density at radius 1 is 1.00 bits per heavy atom. The third-order valence-corrected chi connectivity index (χ3v) is 5.22. The number of fused-ring (bicyclic) bond motifs is 1. The van der Waals surface area contributed by atoms with Crippen LogP contribution >= 0.6 is 0 Å². The molecule has 3 aromatic carbocycles. The summed E-state index contributed by atoms with van der Waals surface area (Å²) in [6, 6.07) is 17.5. The summed E-state index contributed by atoms with van der Waals surface area (Å²) >= 11 is 0. The van der Waals surface area contributed by atoms with Gasteiger partial charge in [-0.25, -0.2) is 4.98 Å². The highest BCUT2D eigenvalue weighted by atomic mass is 16.5. The monoisotopic (exact) mass is 400 g/mol. The van der Waals surface area contributed by atoms with Crippen LogP contribution in [0.4, 0.5) is 5.69 Å². The van der Waals surface area contributed by atoms with Crippen LogP contribution in [0.25, 0.3) is 22.6 Å². The first-order valence-corrected chi connectivity index (χ1v) is 9.88. The van der Waals surface area contributed by atoms with Crippen LogP contribution in [0, 0.1) is 27.7 Å². The Labute approximate surface area is 175 Å². The molecule has 1 aromatic heterocycles. The van der Waals surface area contributed by atoms with Crippen molar-refractivity contribution in [1.82, 2.24) is 4.98 Å². The number of benzene rings is 3. The molecule has 0 aliphatic rings. The van der Waals surface area contributed by atoms with Crippen molar-refractivity contribution in [1.29, 1.82) is 0 Å². The highest BCUT2D eigenvalue weighted by Gasteiger charge is 2.12. The lowest BCUT2D eigenvalue weighted by molar-refractivity contribution is -0.118. The van der Waals surface area contributed by atoms with Gasteiger partial charge in [0.25, 0.3) is 5.91 Å². The van der Waals surface area contributed by atoms with Crippen LogP contribution in [-0.4, -0.2) is 17.5 Å². The maximum Gasteiger partial charge on any atom is 0.262 e. The van der Waals surface area contributed by atoms with Crippen LogP contribution in [0.15, 0.2) is 59.0 Å². The summed E-state index contributed by atoms with van der Waals surface area (Å²) in [7, 11) is 0. The Balaban J connectivity index is 1.51. The van der Waals surface area contributed by atoms with Crippen LogP contribution in [0.2, 0.25) is 0 Å². The van der Waals surface area contributed by atoms with E-state index in [1.807, 2.05) is 82.3 Å². The maximum absolute atomic E-state index is 12.5. The van der Waals surface area contributed by atoms with Crippen molar-refractivity contribution in [3.05, 3.63) is 76.9 Å². The van der Waals surface area contributed by atoms with Gasteiger partial charge < -0.3 is 14.5 Å². The van der Waals surface area contributed by atoms with Gasteiger partial charge in [-0.3, -0.25) is 4.79 Å². The van der Waals surface area contributed by atoms with E-state index in [2.05, 4.69) is 10.3 Å². The molecule has 1 amide bonds. The molecule has 1 heterocycles. The molecule has 0 radical (unpaired) electrons. The molecule has 0 aliphatic carbocycles. The number of amides is 1. The summed E-state index contributed by atoms with van der Waals surface area (Å²) in [6.45, 7) is 7.91. The number of carbonyl (C=O) groups is 1. The van der Waals surface area contributed by atoms with E-state index in [4.69, 9.17) is 9.15 Å². The van der Waals surface area contributed by atoms with Crippen molar-refractivity contribution >= 4 is 22.7 Å². The number of hydrogen-bond donors (Lipinski definition) is 1. The molecule has 5 heteroatoms. The SMILES string of the molecule is Cc1ccc2oc(-c3ccc(C)c(NC(=O)COc4cccc(C)c4C)c3)nc2c1. The van der Waals surface area contributed by atoms with Crippen molar-refractivity contribution in [2.75, 3.05) is 11.9 Å². The molecule has 0 saturated heterocycles. The molecule has 0 fully saturated rings. The first-order valence-electron chi connectivity index (χ1n) is 9.88. The van der Waals surface area contributed by atoms with Crippen LogP contribution in [-0.2, 0) is 4.79 Å². The average molecular weight is 400 g/mol. The van der Waals surface area contributed by atoms with Gasteiger partial charge in [-0.15, -0.1) is 0 Å². The van der Waals surface area contributed by atoms with E-state index in [1.54, 1.807) is 0 Å². The van der Waals surface area contributed by atoms with Crippen molar-refractivity contribution in [2.24, 2.45) is 0 Å². The molecule has 0 spiro atoms. The number of hydrogen-bond acceptors (Lipinski definition) is 4. The zero-order valence-corrected chi connectivity index (χ0v) is 17.6. The van der Waals surface area contributed by atoms with Gasteiger partial charge in [-0.05, 0) is 80.3 Å². The Kier molecular flexibility index (Phi) is 5.27. The number of ether oxygens (including phenoxy) is 1. The lowest BCUT2D eigenvalue weighted by Crippen LogP contribution is -2.21. The highest BCUT2D eigenvalue weighted by molar-refractivity contribution is 5.93. The molecule has 0 bridgehead atoms.